The zero-order valence-electron chi connectivity index (χ0n) is 9.93. The van der Waals surface area contributed by atoms with Crippen molar-refractivity contribution < 1.29 is 4.74 Å². The molecule has 1 nitrogen and oxygen atoms in total. The molecule has 0 unspecified atom stereocenters. The molecule has 0 aliphatic heterocycles. The molecular weight excluding hydrogens is 315 g/mol. The zero-order valence-corrected chi connectivity index (χ0v) is 14.1. The Kier molecular flexibility index (Phi) is 4.64. The Balaban J connectivity index is 2.87. The third kappa shape index (κ3) is 4.55. The highest BCUT2D eigenvalue weighted by molar-refractivity contribution is 14.1. The predicted octanol–water partition coefficient (Wildman–Crippen LogP) is 2.79. The van der Waals surface area contributed by atoms with Gasteiger partial charge in [-0.05, 0) is 73.5 Å². The van der Waals surface area contributed by atoms with Gasteiger partial charge in [-0.3, -0.25) is 0 Å². The molecule has 0 aliphatic carbocycles. The molecule has 0 saturated heterocycles. The second kappa shape index (κ2) is 5.34. The molecule has 1 aromatic rings. The molecule has 0 amide bonds. The van der Waals surface area contributed by atoms with Crippen LogP contribution in [0.25, 0.3) is 0 Å². The van der Waals surface area contributed by atoms with E-state index in [1.165, 1.54) is 31.8 Å². The second-order valence-corrected chi connectivity index (χ2v) is 6.88. The molecule has 0 radical (unpaired) electrons. The minimum absolute atomic E-state index is 0.106. The summed E-state index contributed by atoms with van der Waals surface area (Å²) in [6, 6.07) is 7.71. The topological polar surface area (TPSA) is 9.23 Å². The van der Waals surface area contributed by atoms with E-state index < -0.39 is 0 Å². The summed E-state index contributed by atoms with van der Waals surface area (Å²) in [5.41, 5.74) is 1.32. The van der Waals surface area contributed by atoms with Crippen molar-refractivity contribution in [3.05, 3.63) is 27.3 Å². The van der Waals surface area contributed by atoms with Crippen LogP contribution in [0.1, 0.15) is 26.3 Å². The molecule has 0 spiro atoms. The smallest absolute Gasteiger partial charge is 0.120 e. The fraction of sp³-hybridized carbons (Fsp3) is 0.500. The third-order valence-corrected chi connectivity index (χ3v) is 3.51. The summed E-state index contributed by atoms with van der Waals surface area (Å²) in [6.07, 6.45) is 1.19. The number of hydrogen-bond donors (Lipinski definition) is 0. The van der Waals surface area contributed by atoms with Gasteiger partial charge in [-0.2, -0.15) is 0 Å². The van der Waals surface area contributed by atoms with Crippen LogP contribution in [-0.2, 0) is 6.42 Å². The normalized spacial score (nSPS) is 11.7. The van der Waals surface area contributed by atoms with Gasteiger partial charge >= 0.3 is 0 Å². The Labute approximate surface area is 109 Å². The number of halogens is 1. The number of benzene rings is 1. The van der Waals surface area contributed by atoms with Crippen molar-refractivity contribution in [3.8, 4) is 5.75 Å². The minimum Gasteiger partial charge on any atom is -0.488 e. The van der Waals surface area contributed by atoms with Crippen LogP contribution in [0.4, 0.5) is 0 Å². The Morgan fingerprint density at radius 1 is 1.33 bits per heavy atom. The summed E-state index contributed by atoms with van der Waals surface area (Å²) in [5.74, 6) is 0.994. The van der Waals surface area contributed by atoms with Crippen LogP contribution in [0.15, 0.2) is 18.2 Å². The van der Waals surface area contributed by atoms with Crippen LogP contribution in [0.5, 0.6) is 5.75 Å². The molecule has 0 aromatic heterocycles. The highest BCUT2D eigenvalue weighted by Gasteiger charge is 2.12. The average molecular weight is 334 g/mol. The fourth-order valence-electron chi connectivity index (χ4n) is 1.43. The lowest BCUT2D eigenvalue weighted by molar-refractivity contribution is 0.131. The molecule has 0 heterocycles. The first kappa shape index (κ1) is 13.0. The van der Waals surface area contributed by atoms with Crippen molar-refractivity contribution in [3.63, 3.8) is 0 Å². The Hall–Kier alpha value is -0.0331. The standard InChI is InChI=1S/C12H19IOSi/c1-12(2,3)14-10-4-5-11(13)9(8-10)6-7-15/h4-5,8H,6-7H2,1-3,15H3. The minimum atomic E-state index is -0.106. The van der Waals surface area contributed by atoms with E-state index in [9.17, 15) is 0 Å². The lowest BCUT2D eigenvalue weighted by atomic mass is 10.1. The first-order valence-electron chi connectivity index (χ1n) is 5.40. The van der Waals surface area contributed by atoms with Crippen molar-refractivity contribution in [1.29, 1.82) is 0 Å². The summed E-state index contributed by atoms with van der Waals surface area (Å²) >= 11 is 2.40. The highest BCUT2D eigenvalue weighted by atomic mass is 127. The van der Waals surface area contributed by atoms with Crippen molar-refractivity contribution in [2.75, 3.05) is 0 Å². The lowest BCUT2D eigenvalue weighted by Gasteiger charge is -2.21. The molecule has 0 bridgehead atoms. The molecule has 1 aromatic carbocycles. The Bertz CT molecular complexity index is 331. The van der Waals surface area contributed by atoms with Gasteiger partial charge in [0.15, 0.2) is 0 Å². The second-order valence-electron chi connectivity index (χ2n) is 4.72. The van der Waals surface area contributed by atoms with Crippen LogP contribution in [-0.4, -0.2) is 15.8 Å². The van der Waals surface area contributed by atoms with E-state index in [2.05, 4.69) is 61.6 Å². The highest BCUT2D eigenvalue weighted by Crippen LogP contribution is 2.23. The number of hydrogen-bond acceptors (Lipinski definition) is 1. The van der Waals surface area contributed by atoms with Crippen molar-refractivity contribution in [1.82, 2.24) is 0 Å². The van der Waals surface area contributed by atoms with Gasteiger partial charge in [0.05, 0.1) is 0 Å². The van der Waals surface area contributed by atoms with E-state index in [4.69, 9.17) is 4.74 Å². The largest absolute Gasteiger partial charge is 0.488 e. The first-order chi connectivity index (χ1) is 6.92. The fourth-order valence-corrected chi connectivity index (χ4v) is 2.57. The van der Waals surface area contributed by atoms with E-state index in [1.54, 1.807) is 0 Å². The Morgan fingerprint density at radius 2 is 2.00 bits per heavy atom. The van der Waals surface area contributed by atoms with Crippen LogP contribution in [0.2, 0.25) is 6.04 Å². The first-order valence-corrected chi connectivity index (χ1v) is 7.89. The summed E-state index contributed by atoms with van der Waals surface area (Å²) in [4.78, 5) is 0. The molecule has 15 heavy (non-hydrogen) atoms. The van der Waals surface area contributed by atoms with Gasteiger partial charge in [0.2, 0.25) is 0 Å². The number of aryl methyl sites for hydroxylation is 1. The molecule has 0 atom stereocenters. The monoisotopic (exact) mass is 334 g/mol. The van der Waals surface area contributed by atoms with Crippen molar-refractivity contribution in [2.45, 2.75) is 38.8 Å². The van der Waals surface area contributed by atoms with Crippen LogP contribution in [0, 0.1) is 3.57 Å². The Morgan fingerprint density at radius 3 is 2.53 bits per heavy atom. The summed E-state index contributed by atoms with van der Waals surface area (Å²) in [6.45, 7) is 6.24. The summed E-state index contributed by atoms with van der Waals surface area (Å²) < 4.78 is 7.20. The lowest BCUT2D eigenvalue weighted by Crippen LogP contribution is -2.23. The van der Waals surface area contributed by atoms with E-state index in [-0.39, 0.29) is 5.60 Å². The molecule has 0 aliphatic rings. The maximum Gasteiger partial charge on any atom is 0.120 e. The van der Waals surface area contributed by atoms with Crippen molar-refractivity contribution >= 4 is 32.8 Å². The van der Waals surface area contributed by atoms with Gasteiger partial charge in [0, 0.05) is 13.8 Å². The maximum absolute atomic E-state index is 5.85. The predicted molar refractivity (Wildman–Crippen MR) is 78.0 cm³/mol. The van der Waals surface area contributed by atoms with Gasteiger partial charge in [-0.15, -0.1) is 0 Å². The quantitative estimate of drug-likeness (QED) is 0.610. The molecule has 0 N–H and O–H groups in total. The number of rotatable bonds is 3. The molecule has 3 heteroatoms. The van der Waals surface area contributed by atoms with Crippen molar-refractivity contribution in [2.24, 2.45) is 0 Å². The van der Waals surface area contributed by atoms with Gasteiger partial charge < -0.3 is 4.74 Å². The van der Waals surface area contributed by atoms with Gasteiger partial charge in [0.1, 0.15) is 11.4 Å². The maximum atomic E-state index is 5.85. The summed E-state index contributed by atoms with van der Waals surface area (Å²) in [7, 11) is 1.27. The van der Waals surface area contributed by atoms with Gasteiger partial charge in [-0.25, -0.2) is 0 Å². The average Bonchev–Trinajstić information content (AvgIpc) is 2.09. The van der Waals surface area contributed by atoms with E-state index >= 15 is 0 Å². The SMILES string of the molecule is CC(C)(C)Oc1ccc(I)c(CC[SiH3])c1. The molecule has 0 saturated carbocycles. The van der Waals surface area contributed by atoms with Crippen LogP contribution >= 0.6 is 22.6 Å². The van der Waals surface area contributed by atoms with E-state index in [0.29, 0.717) is 0 Å². The zero-order chi connectivity index (χ0) is 11.5. The molecular formula is C12H19IOSi. The number of ether oxygens (including phenoxy) is 1. The van der Waals surface area contributed by atoms with Crippen LogP contribution < -0.4 is 4.74 Å². The van der Waals surface area contributed by atoms with Crippen LogP contribution in [0.3, 0.4) is 0 Å². The molecule has 0 fully saturated rings. The van der Waals surface area contributed by atoms with Gasteiger partial charge in [-0.1, -0.05) is 6.04 Å². The summed E-state index contributed by atoms with van der Waals surface area (Å²) in [5, 5.41) is 0. The van der Waals surface area contributed by atoms with Gasteiger partial charge in [0.25, 0.3) is 0 Å². The third-order valence-electron chi connectivity index (χ3n) is 1.96. The van der Waals surface area contributed by atoms with E-state index in [0.717, 1.165) is 5.75 Å². The molecule has 1 rings (SSSR count). The molecule has 84 valence electrons. The van der Waals surface area contributed by atoms with E-state index in [1.807, 2.05) is 0 Å².